The lowest BCUT2D eigenvalue weighted by molar-refractivity contribution is -0.141. The van der Waals surface area contributed by atoms with E-state index in [2.05, 4.69) is 20.1 Å². The van der Waals surface area contributed by atoms with Gasteiger partial charge >= 0.3 is 6.18 Å². The van der Waals surface area contributed by atoms with Gasteiger partial charge in [0, 0.05) is 62.5 Å². The van der Waals surface area contributed by atoms with Crippen LogP contribution in [0, 0.1) is 29.1 Å². The molecule has 5 fully saturated rings. The maximum Gasteiger partial charge on any atom is 0.435 e. The summed E-state index contributed by atoms with van der Waals surface area (Å²) in [6, 6.07) is 4.47. The van der Waals surface area contributed by atoms with Crippen LogP contribution in [0.25, 0.3) is 5.65 Å². The van der Waals surface area contributed by atoms with E-state index in [4.69, 9.17) is 0 Å². The highest BCUT2D eigenvalue weighted by Gasteiger charge is 2.47. The van der Waals surface area contributed by atoms with Gasteiger partial charge in [-0.15, -0.1) is 0 Å². The quantitative estimate of drug-likeness (QED) is 0.622. The van der Waals surface area contributed by atoms with E-state index in [0.29, 0.717) is 0 Å². The monoisotopic (exact) mass is 522 g/mol. The van der Waals surface area contributed by atoms with E-state index >= 15 is 0 Å². The molecule has 2 aromatic rings. The van der Waals surface area contributed by atoms with Crippen molar-refractivity contribution in [2.24, 2.45) is 17.8 Å². The number of pyridine rings is 1. The van der Waals surface area contributed by atoms with Gasteiger partial charge in [0.25, 0.3) is 5.91 Å². The second kappa shape index (κ2) is 8.63. The number of halogens is 5. The fourth-order valence-corrected chi connectivity index (χ4v) is 6.85. The van der Waals surface area contributed by atoms with E-state index in [9.17, 15) is 32.0 Å². The van der Waals surface area contributed by atoms with Crippen LogP contribution in [0.3, 0.4) is 0 Å². The van der Waals surface area contributed by atoms with E-state index in [-0.39, 0.29) is 78.5 Å². The summed E-state index contributed by atoms with van der Waals surface area (Å²) in [5, 5.41) is 12.9. The highest BCUT2D eigenvalue weighted by Crippen LogP contribution is 2.40. The van der Waals surface area contributed by atoms with Gasteiger partial charge in [-0.2, -0.15) is 18.4 Å². The number of hydrogen-bond acceptors (Lipinski definition) is 5. The van der Waals surface area contributed by atoms with Gasteiger partial charge < -0.3 is 5.32 Å². The highest BCUT2D eigenvalue weighted by atomic mass is 19.4. The van der Waals surface area contributed by atoms with Crippen molar-refractivity contribution in [1.82, 2.24) is 24.5 Å². The summed E-state index contributed by atoms with van der Waals surface area (Å²) in [6.45, 7) is 4.53. The average molecular weight is 523 g/mol. The highest BCUT2D eigenvalue weighted by molar-refractivity contribution is 5.95. The maximum absolute atomic E-state index is 14.0. The van der Waals surface area contributed by atoms with Gasteiger partial charge in [0.05, 0.1) is 12.4 Å². The second-order valence-corrected chi connectivity index (χ2v) is 11.1. The number of hydrogen-bond donors (Lipinski definition) is 1. The third-order valence-electron chi connectivity index (χ3n) is 8.46. The van der Waals surface area contributed by atoms with Crippen LogP contribution in [0.1, 0.15) is 53.1 Å². The fraction of sp³-hybridized carbons (Fsp3) is 0.640. The van der Waals surface area contributed by atoms with Crippen molar-refractivity contribution in [1.29, 1.82) is 5.26 Å². The molecule has 4 bridgehead atoms. The summed E-state index contributed by atoms with van der Waals surface area (Å²) in [5.74, 6) is -3.05. The molecule has 2 aromatic heterocycles. The van der Waals surface area contributed by atoms with Crippen molar-refractivity contribution >= 4 is 11.6 Å². The minimum absolute atomic E-state index is 0.0347. The predicted octanol–water partition coefficient (Wildman–Crippen LogP) is 3.53. The number of carbonyl (C=O) groups is 1. The van der Waals surface area contributed by atoms with Crippen molar-refractivity contribution in [3.05, 3.63) is 34.8 Å². The van der Waals surface area contributed by atoms with Crippen molar-refractivity contribution < 1.29 is 26.7 Å². The Morgan fingerprint density at radius 2 is 1.73 bits per heavy atom. The minimum Gasteiger partial charge on any atom is -0.349 e. The molecule has 1 saturated carbocycles. The molecule has 1 N–H and O–H groups in total. The van der Waals surface area contributed by atoms with E-state index in [1.54, 1.807) is 0 Å². The van der Waals surface area contributed by atoms with Crippen LogP contribution in [0.4, 0.5) is 22.0 Å². The van der Waals surface area contributed by atoms with E-state index in [0.717, 1.165) is 37.2 Å². The van der Waals surface area contributed by atoms with E-state index in [1.165, 1.54) is 12.1 Å². The third-order valence-corrected chi connectivity index (χ3v) is 8.46. The van der Waals surface area contributed by atoms with Gasteiger partial charge in [-0.3, -0.25) is 19.0 Å². The zero-order valence-corrected chi connectivity index (χ0v) is 20.1. The van der Waals surface area contributed by atoms with Crippen LogP contribution in [0.5, 0.6) is 0 Å². The number of imidazole rings is 1. The molecular weight excluding hydrogens is 495 g/mol. The van der Waals surface area contributed by atoms with Crippen LogP contribution in [0.15, 0.2) is 12.1 Å². The number of amides is 1. The lowest BCUT2D eigenvalue weighted by Crippen LogP contribution is -2.71. The number of alkyl halides is 5. The molecule has 0 unspecified atom stereocenters. The first-order valence-electron chi connectivity index (χ1n) is 12.7. The number of carbonyl (C=O) groups excluding carboxylic acids is 1. The largest absolute Gasteiger partial charge is 0.435 e. The Hall–Kier alpha value is -2.78. The number of nitrogens with one attached hydrogen (secondary N) is 1. The second-order valence-electron chi connectivity index (χ2n) is 11.1. The van der Waals surface area contributed by atoms with Crippen molar-refractivity contribution in [3.8, 4) is 6.07 Å². The normalized spacial score (nSPS) is 31.0. The number of rotatable bonds is 4. The molecule has 4 saturated heterocycles. The molecule has 0 atom stereocenters. The van der Waals surface area contributed by atoms with Gasteiger partial charge in [0.15, 0.2) is 5.69 Å². The fourth-order valence-electron chi connectivity index (χ4n) is 6.85. The Morgan fingerprint density at radius 3 is 2.30 bits per heavy atom. The molecule has 7 nitrogen and oxygen atoms in total. The Labute approximate surface area is 210 Å². The molecule has 1 aliphatic carbocycles. The predicted molar refractivity (Wildman–Crippen MR) is 122 cm³/mol. The molecule has 5 aliphatic rings. The first-order valence-corrected chi connectivity index (χ1v) is 12.7. The van der Waals surface area contributed by atoms with Gasteiger partial charge in [-0.05, 0) is 37.3 Å². The topological polar surface area (TPSA) is 76.7 Å². The summed E-state index contributed by atoms with van der Waals surface area (Å²) in [4.78, 5) is 21.8. The van der Waals surface area contributed by atoms with E-state index in [1.807, 2.05) is 6.07 Å². The summed E-state index contributed by atoms with van der Waals surface area (Å²) in [6.07, 6.45) is -5.46. The molecule has 37 heavy (non-hydrogen) atoms. The van der Waals surface area contributed by atoms with Crippen LogP contribution in [0.2, 0.25) is 0 Å². The Morgan fingerprint density at radius 1 is 1.11 bits per heavy atom. The molecule has 12 heteroatoms. The molecular formula is C25H27F5N6O. The summed E-state index contributed by atoms with van der Waals surface area (Å²) in [5.41, 5.74) is -1.55. The zero-order valence-electron chi connectivity index (χ0n) is 20.1. The number of piperidine rings is 2. The summed E-state index contributed by atoms with van der Waals surface area (Å²) in [7, 11) is 0. The average Bonchev–Trinajstić information content (AvgIpc) is 3.20. The summed E-state index contributed by atoms with van der Waals surface area (Å²) < 4.78 is 70.2. The number of fused-ring (bicyclic) bond motifs is 1. The smallest absolute Gasteiger partial charge is 0.349 e. The zero-order chi connectivity index (χ0) is 26.1. The van der Waals surface area contributed by atoms with E-state index < -0.39 is 23.7 Å². The van der Waals surface area contributed by atoms with Crippen molar-refractivity contribution in [3.63, 3.8) is 0 Å². The third kappa shape index (κ3) is 4.46. The first kappa shape index (κ1) is 24.6. The molecule has 1 amide bonds. The van der Waals surface area contributed by atoms with Crippen molar-refractivity contribution in [2.75, 3.05) is 32.8 Å². The standard InChI is InChI=1S/C25H27F5N6O/c26-24(27)3-1-14(2-4-24)5-19-22(25(28,29)30)32-20-7-15(6-18(8-31)36(19)20)23(37)33-21-16-9-34-11-17(21)12-35(10-16)13-34/h6-7,14,16-17,21H,1-5,9-13H2,(H,33,37). The Kier molecular flexibility index (Phi) is 5.73. The lowest BCUT2D eigenvalue weighted by atomic mass is 9.77. The van der Waals surface area contributed by atoms with Gasteiger partial charge in [0.1, 0.15) is 17.4 Å². The van der Waals surface area contributed by atoms with Crippen LogP contribution < -0.4 is 5.32 Å². The molecule has 0 radical (unpaired) electrons. The molecule has 6 heterocycles. The van der Waals surface area contributed by atoms with Gasteiger partial charge in [-0.1, -0.05) is 0 Å². The number of nitriles is 1. The van der Waals surface area contributed by atoms with Crippen LogP contribution in [-0.2, 0) is 12.6 Å². The SMILES string of the molecule is N#Cc1cc(C(=O)NC2C3CN4CC2CN(C3)C4)cc2nc(C(F)(F)F)c(CC3CCC(F)(F)CC3)n12. The molecule has 0 spiro atoms. The molecule has 4 aliphatic heterocycles. The van der Waals surface area contributed by atoms with Crippen LogP contribution in [-0.4, -0.2) is 69.9 Å². The number of nitrogens with zero attached hydrogens (tertiary/aromatic N) is 5. The van der Waals surface area contributed by atoms with Crippen molar-refractivity contribution in [2.45, 2.75) is 50.2 Å². The first-order chi connectivity index (χ1) is 17.5. The van der Waals surface area contributed by atoms with Crippen LogP contribution >= 0.6 is 0 Å². The minimum atomic E-state index is -4.79. The maximum atomic E-state index is 14.0. The molecule has 7 rings (SSSR count). The van der Waals surface area contributed by atoms with Gasteiger partial charge in [-0.25, -0.2) is 13.8 Å². The molecule has 198 valence electrons. The lowest BCUT2D eigenvalue weighted by Gasteiger charge is -2.57. The molecule has 0 aromatic carbocycles. The Bertz CT molecular complexity index is 1240. The summed E-state index contributed by atoms with van der Waals surface area (Å²) >= 11 is 0. The Balaban J connectivity index is 1.31. The number of aromatic nitrogens is 2. The van der Waals surface area contributed by atoms with Gasteiger partial charge in [0.2, 0.25) is 5.92 Å².